The van der Waals surface area contributed by atoms with E-state index in [1.807, 2.05) is 6.92 Å². The van der Waals surface area contributed by atoms with E-state index in [1.165, 1.54) is 0 Å². The zero-order valence-corrected chi connectivity index (χ0v) is 19.0. The van der Waals surface area contributed by atoms with E-state index < -0.39 is 11.7 Å². The summed E-state index contributed by atoms with van der Waals surface area (Å²) in [7, 11) is 0. The molecule has 1 aromatic heterocycles. The van der Waals surface area contributed by atoms with Crippen molar-refractivity contribution in [2.45, 2.75) is 71.8 Å². The van der Waals surface area contributed by atoms with E-state index in [-0.39, 0.29) is 24.3 Å². The van der Waals surface area contributed by atoms with Crippen molar-refractivity contribution < 1.29 is 23.6 Å². The fourth-order valence-corrected chi connectivity index (χ4v) is 3.31. The molecule has 1 atom stereocenters. The van der Waals surface area contributed by atoms with Crippen LogP contribution in [0.5, 0.6) is 0 Å². The normalized spacial score (nSPS) is 16.6. The second-order valence-electron chi connectivity index (χ2n) is 8.71. The SMILES string of the molecule is CCc1noc(CCCC(=O)N2CCCC(C(=O)NCCNC(=O)OC(C)(C)C)C2)n1. The highest BCUT2D eigenvalue weighted by atomic mass is 16.6. The van der Waals surface area contributed by atoms with Crippen LogP contribution in [0.4, 0.5) is 4.79 Å². The molecule has 1 aliphatic rings. The first-order valence-corrected chi connectivity index (χ1v) is 11.0. The largest absolute Gasteiger partial charge is 0.444 e. The molecule has 0 spiro atoms. The lowest BCUT2D eigenvalue weighted by Gasteiger charge is -2.32. The fraction of sp³-hybridized carbons (Fsp3) is 0.762. The molecule has 0 aromatic carbocycles. The van der Waals surface area contributed by atoms with Crippen molar-refractivity contribution in [3.05, 3.63) is 11.7 Å². The summed E-state index contributed by atoms with van der Waals surface area (Å²) in [5, 5.41) is 9.29. The van der Waals surface area contributed by atoms with Crippen molar-refractivity contribution in [1.82, 2.24) is 25.7 Å². The lowest BCUT2D eigenvalue weighted by atomic mass is 9.96. The Labute approximate surface area is 183 Å². The van der Waals surface area contributed by atoms with Crippen molar-refractivity contribution >= 4 is 17.9 Å². The van der Waals surface area contributed by atoms with Gasteiger partial charge in [0.05, 0.1) is 5.92 Å². The Morgan fingerprint density at radius 2 is 1.97 bits per heavy atom. The molecule has 3 amide bonds. The average Bonchev–Trinajstić information content (AvgIpc) is 3.18. The zero-order chi connectivity index (χ0) is 22.9. The summed E-state index contributed by atoms with van der Waals surface area (Å²) in [6, 6.07) is 0. The molecule has 2 N–H and O–H groups in total. The van der Waals surface area contributed by atoms with E-state index in [1.54, 1.807) is 25.7 Å². The molecule has 0 bridgehead atoms. The number of hydrogen-bond donors (Lipinski definition) is 2. The van der Waals surface area contributed by atoms with Gasteiger partial charge >= 0.3 is 6.09 Å². The molecule has 10 nitrogen and oxygen atoms in total. The minimum atomic E-state index is -0.560. The molecule has 1 fully saturated rings. The number of rotatable bonds is 9. The summed E-state index contributed by atoms with van der Waals surface area (Å²) < 4.78 is 10.3. The second-order valence-corrected chi connectivity index (χ2v) is 8.71. The van der Waals surface area contributed by atoms with Crippen LogP contribution in [0.15, 0.2) is 4.52 Å². The number of nitrogens with zero attached hydrogens (tertiary/aromatic N) is 3. The quantitative estimate of drug-likeness (QED) is 0.564. The maximum Gasteiger partial charge on any atom is 0.407 e. The van der Waals surface area contributed by atoms with Gasteiger partial charge in [0.2, 0.25) is 17.7 Å². The van der Waals surface area contributed by atoms with Gasteiger partial charge in [0.1, 0.15) is 5.60 Å². The smallest absolute Gasteiger partial charge is 0.407 e. The Morgan fingerprint density at radius 1 is 1.23 bits per heavy atom. The first-order chi connectivity index (χ1) is 14.7. The fourth-order valence-electron chi connectivity index (χ4n) is 3.31. The maximum atomic E-state index is 12.5. The monoisotopic (exact) mass is 437 g/mol. The minimum Gasteiger partial charge on any atom is -0.444 e. The summed E-state index contributed by atoms with van der Waals surface area (Å²) in [6.45, 7) is 9.01. The van der Waals surface area contributed by atoms with Gasteiger partial charge in [-0.25, -0.2) is 4.79 Å². The van der Waals surface area contributed by atoms with Gasteiger partial charge in [0.25, 0.3) is 0 Å². The van der Waals surface area contributed by atoms with Gasteiger partial charge in [-0.05, 0) is 40.0 Å². The third-order valence-corrected chi connectivity index (χ3v) is 4.85. The van der Waals surface area contributed by atoms with Crippen LogP contribution in [0.25, 0.3) is 0 Å². The zero-order valence-electron chi connectivity index (χ0n) is 19.0. The number of carbonyl (C=O) groups excluding carboxylic acids is 3. The van der Waals surface area contributed by atoms with Crippen molar-refractivity contribution in [3.63, 3.8) is 0 Å². The van der Waals surface area contributed by atoms with Crippen molar-refractivity contribution in [2.24, 2.45) is 5.92 Å². The summed E-state index contributed by atoms with van der Waals surface area (Å²) in [5.74, 6) is 0.941. The molecule has 174 valence electrons. The molecular weight excluding hydrogens is 402 g/mol. The Bertz CT molecular complexity index is 743. The molecule has 1 saturated heterocycles. The molecule has 1 aromatic rings. The van der Waals surface area contributed by atoms with Gasteiger partial charge < -0.3 is 24.8 Å². The van der Waals surface area contributed by atoms with Gasteiger partial charge in [0.15, 0.2) is 5.82 Å². The van der Waals surface area contributed by atoms with Gasteiger partial charge in [0, 0.05) is 45.4 Å². The van der Waals surface area contributed by atoms with Crippen molar-refractivity contribution in [3.8, 4) is 0 Å². The van der Waals surface area contributed by atoms with E-state index in [4.69, 9.17) is 9.26 Å². The van der Waals surface area contributed by atoms with E-state index in [2.05, 4.69) is 20.8 Å². The molecule has 0 aliphatic carbocycles. The average molecular weight is 438 g/mol. The Balaban J connectivity index is 1.66. The molecule has 10 heteroatoms. The number of aromatic nitrogens is 2. The maximum absolute atomic E-state index is 12.5. The number of likely N-dealkylation sites (tertiary alicyclic amines) is 1. The Morgan fingerprint density at radius 3 is 2.65 bits per heavy atom. The Hall–Kier alpha value is -2.65. The molecule has 31 heavy (non-hydrogen) atoms. The predicted molar refractivity (Wildman–Crippen MR) is 113 cm³/mol. The number of alkyl carbamates (subject to hydrolysis) is 1. The number of nitrogens with one attached hydrogen (secondary N) is 2. The topological polar surface area (TPSA) is 127 Å². The van der Waals surface area contributed by atoms with Crippen LogP contribution in [-0.4, -0.2) is 64.7 Å². The third-order valence-electron chi connectivity index (χ3n) is 4.85. The second kappa shape index (κ2) is 11.7. The van der Waals surface area contributed by atoms with Crippen LogP contribution in [0.3, 0.4) is 0 Å². The summed E-state index contributed by atoms with van der Waals surface area (Å²) in [6.07, 6.45) is 3.34. The van der Waals surface area contributed by atoms with Crippen LogP contribution in [0, 0.1) is 5.92 Å². The number of ether oxygens (including phenoxy) is 1. The highest BCUT2D eigenvalue weighted by molar-refractivity contribution is 5.81. The Kier molecular flexibility index (Phi) is 9.26. The third kappa shape index (κ3) is 8.94. The summed E-state index contributed by atoms with van der Waals surface area (Å²) in [5.41, 5.74) is -0.560. The minimum absolute atomic E-state index is 0.0410. The van der Waals surface area contributed by atoms with Gasteiger partial charge in [-0.3, -0.25) is 9.59 Å². The lowest BCUT2D eigenvalue weighted by molar-refractivity contribution is -0.135. The predicted octanol–water partition coefficient (Wildman–Crippen LogP) is 1.83. The van der Waals surface area contributed by atoms with E-state index in [0.29, 0.717) is 50.6 Å². The molecule has 1 aliphatic heterocycles. The first-order valence-electron chi connectivity index (χ1n) is 11.0. The number of aryl methyl sites for hydroxylation is 2. The van der Waals surface area contributed by atoms with Gasteiger partial charge in [-0.1, -0.05) is 12.1 Å². The molecule has 0 radical (unpaired) electrons. The molecule has 0 saturated carbocycles. The van der Waals surface area contributed by atoms with E-state index in [0.717, 1.165) is 19.3 Å². The number of carbonyl (C=O) groups is 3. The van der Waals surface area contributed by atoms with E-state index >= 15 is 0 Å². The van der Waals surface area contributed by atoms with Crippen LogP contribution >= 0.6 is 0 Å². The van der Waals surface area contributed by atoms with Gasteiger partial charge in [-0.2, -0.15) is 4.98 Å². The highest BCUT2D eigenvalue weighted by Gasteiger charge is 2.28. The van der Waals surface area contributed by atoms with Crippen molar-refractivity contribution in [2.75, 3.05) is 26.2 Å². The molecule has 2 heterocycles. The van der Waals surface area contributed by atoms with Gasteiger partial charge in [-0.15, -0.1) is 0 Å². The summed E-state index contributed by atoms with van der Waals surface area (Å²) in [4.78, 5) is 42.6. The van der Waals surface area contributed by atoms with Crippen LogP contribution < -0.4 is 10.6 Å². The van der Waals surface area contributed by atoms with E-state index in [9.17, 15) is 14.4 Å². The molecule has 1 unspecified atom stereocenters. The molecular formula is C21H35N5O5. The lowest BCUT2D eigenvalue weighted by Crippen LogP contribution is -2.46. The van der Waals surface area contributed by atoms with Crippen LogP contribution in [0.2, 0.25) is 0 Å². The van der Waals surface area contributed by atoms with Crippen LogP contribution in [0.1, 0.15) is 65.1 Å². The molecule has 2 rings (SSSR count). The summed E-state index contributed by atoms with van der Waals surface area (Å²) >= 11 is 0. The highest BCUT2D eigenvalue weighted by Crippen LogP contribution is 2.18. The van der Waals surface area contributed by atoms with Crippen molar-refractivity contribution in [1.29, 1.82) is 0 Å². The number of amides is 3. The first kappa shape index (κ1) is 24.6. The number of piperidine rings is 1. The van der Waals surface area contributed by atoms with Crippen LogP contribution in [-0.2, 0) is 27.2 Å². The number of hydrogen-bond acceptors (Lipinski definition) is 7. The standard InChI is InChI=1S/C21H35N5O5/c1-5-16-24-17(31-25-16)9-6-10-18(27)26-13-7-8-15(14-26)19(28)22-11-12-23-20(29)30-21(2,3)4/h15H,5-14H2,1-4H3,(H,22,28)(H,23,29).